The zero-order valence-electron chi connectivity index (χ0n) is 16.4. The first-order chi connectivity index (χ1) is 13.5. The molecule has 0 bridgehead atoms. The minimum absolute atomic E-state index is 0.229. The van der Waals surface area contributed by atoms with Gasteiger partial charge in [-0.1, -0.05) is 25.5 Å². The molecule has 1 saturated heterocycles. The van der Waals surface area contributed by atoms with Gasteiger partial charge in [-0.15, -0.1) is 0 Å². The van der Waals surface area contributed by atoms with Crippen molar-refractivity contribution in [2.24, 2.45) is 0 Å². The maximum absolute atomic E-state index is 12.7. The summed E-state index contributed by atoms with van der Waals surface area (Å²) in [5.41, 5.74) is 2.53. The van der Waals surface area contributed by atoms with Gasteiger partial charge in [0.15, 0.2) is 6.04 Å². The number of nitro groups is 1. The molecule has 0 saturated carbocycles. The lowest BCUT2D eigenvalue weighted by Crippen LogP contribution is -2.29. The highest BCUT2D eigenvalue weighted by molar-refractivity contribution is 5.93. The summed E-state index contributed by atoms with van der Waals surface area (Å²) >= 11 is 0. The van der Waals surface area contributed by atoms with E-state index < -0.39 is 11.0 Å². The van der Waals surface area contributed by atoms with E-state index in [1.165, 1.54) is 35.6 Å². The van der Waals surface area contributed by atoms with Crippen molar-refractivity contribution < 1.29 is 9.72 Å². The number of carbonyl (C=O) groups is 1. The van der Waals surface area contributed by atoms with Crippen LogP contribution in [0.15, 0.2) is 30.3 Å². The second-order valence-electron chi connectivity index (χ2n) is 7.29. The zero-order valence-corrected chi connectivity index (χ0v) is 16.4. The molecule has 8 heteroatoms. The molecule has 1 N–H and O–H groups in total. The number of nitrogens with zero attached hydrogens (tertiary/aromatic N) is 4. The number of carbonyl (C=O) groups excluding carboxylic acids is 1. The molecular formula is C20H27N5O3. The first-order valence-corrected chi connectivity index (χ1v) is 9.80. The minimum Gasteiger partial charge on any atom is -0.358 e. The van der Waals surface area contributed by atoms with E-state index in [-0.39, 0.29) is 11.7 Å². The normalized spacial score (nSPS) is 15.9. The summed E-state index contributed by atoms with van der Waals surface area (Å²) in [6.45, 7) is 6.80. The third-order valence-electron chi connectivity index (χ3n) is 5.16. The Hall–Kier alpha value is -2.74. The first kappa shape index (κ1) is 20.0. The Labute approximate surface area is 164 Å². The summed E-state index contributed by atoms with van der Waals surface area (Å²) in [6.07, 6.45) is 4.33. The highest BCUT2D eigenvalue weighted by Gasteiger charge is 2.27. The van der Waals surface area contributed by atoms with Gasteiger partial charge in [0.2, 0.25) is 0 Å². The van der Waals surface area contributed by atoms with Gasteiger partial charge in [0.1, 0.15) is 0 Å². The number of benzene rings is 1. The molecule has 8 nitrogen and oxygen atoms in total. The van der Waals surface area contributed by atoms with Gasteiger partial charge in [0.25, 0.3) is 5.91 Å². The van der Waals surface area contributed by atoms with Gasteiger partial charge in [-0.2, -0.15) is 4.68 Å². The fourth-order valence-electron chi connectivity index (χ4n) is 3.64. The van der Waals surface area contributed by atoms with E-state index in [4.69, 9.17) is 0 Å². The van der Waals surface area contributed by atoms with Crippen molar-refractivity contribution in [2.45, 2.75) is 52.1 Å². The molecule has 1 aromatic carbocycles. The van der Waals surface area contributed by atoms with Crippen LogP contribution < -0.4 is 5.32 Å². The molecule has 2 aromatic rings. The molecule has 0 radical (unpaired) electrons. The van der Waals surface area contributed by atoms with E-state index in [2.05, 4.69) is 15.3 Å². The predicted octanol–water partition coefficient (Wildman–Crippen LogP) is 3.68. The fourth-order valence-corrected chi connectivity index (χ4v) is 3.64. The average molecular weight is 385 g/mol. The van der Waals surface area contributed by atoms with Gasteiger partial charge in [-0.05, 0) is 61.9 Å². The van der Waals surface area contributed by atoms with Crippen molar-refractivity contribution >= 4 is 17.4 Å². The second kappa shape index (κ2) is 8.97. The van der Waals surface area contributed by atoms with Gasteiger partial charge >= 0.3 is 5.82 Å². The Kier molecular flexibility index (Phi) is 6.41. The Morgan fingerprint density at radius 3 is 2.50 bits per heavy atom. The maximum Gasteiger partial charge on any atom is 0.390 e. The van der Waals surface area contributed by atoms with Crippen molar-refractivity contribution in [3.05, 3.63) is 51.7 Å². The van der Waals surface area contributed by atoms with E-state index in [0.29, 0.717) is 17.8 Å². The topological polar surface area (TPSA) is 93.3 Å². The van der Waals surface area contributed by atoms with E-state index in [1.807, 2.05) is 31.2 Å². The quantitative estimate of drug-likeness (QED) is 0.580. The number of aromatic nitrogens is 2. The molecule has 0 aliphatic carbocycles. The van der Waals surface area contributed by atoms with Crippen LogP contribution in [-0.2, 0) is 11.3 Å². The molecule has 150 valence electrons. The minimum atomic E-state index is -0.596. The standard InChI is InChI=1S/C20H27N5O3/c1-3-18(24-15(2)13-19(22-24)25(27)28)20(26)21-17-9-7-16(8-10-17)14-23-11-5-4-6-12-23/h7-10,13,18H,3-6,11-12,14H2,1-2H3,(H,21,26). The van der Waals surface area contributed by atoms with Crippen molar-refractivity contribution in [1.82, 2.24) is 14.7 Å². The molecular weight excluding hydrogens is 358 g/mol. The Morgan fingerprint density at radius 1 is 1.25 bits per heavy atom. The number of rotatable bonds is 7. The maximum atomic E-state index is 12.7. The number of aryl methyl sites for hydroxylation is 1. The lowest BCUT2D eigenvalue weighted by atomic mass is 10.1. The predicted molar refractivity (Wildman–Crippen MR) is 107 cm³/mol. The third-order valence-corrected chi connectivity index (χ3v) is 5.16. The monoisotopic (exact) mass is 385 g/mol. The molecule has 1 aliphatic rings. The van der Waals surface area contributed by atoms with E-state index in [0.717, 1.165) is 19.6 Å². The molecule has 2 heterocycles. The van der Waals surface area contributed by atoms with Crippen LogP contribution in [0.5, 0.6) is 0 Å². The Bertz CT molecular complexity index is 825. The highest BCUT2D eigenvalue weighted by atomic mass is 16.6. The molecule has 0 spiro atoms. The van der Waals surface area contributed by atoms with E-state index in [1.54, 1.807) is 6.92 Å². The number of nitrogens with one attached hydrogen (secondary N) is 1. The molecule has 28 heavy (non-hydrogen) atoms. The van der Waals surface area contributed by atoms with Crippen LogP contribution in [0.1, 0.15) is 49.9 Å². The summed E-state index contributed by atoms with van der Waals surface area (Å²) in [4.78, 5) is 25.6. The first-order valence-electron chi connectivity index (χ1n) is 9.80. The molecule has 1 aliphatic heterocycles. The van der Waals surface area contributed by atoms with Crippen molar-refractivity contribution in [3.8, 4) is 0 Å². The number of hydrogen-bond acceptors (Lipinski definition) is 5. The smallest absolute Gasteiger partial charge is 0.358 e. The van der Waals surface area contributed by atoms with Crippen LogP contribution >= 0.6 is 0 Å². The van der Waals surface area contributed by atoms with Crippen molar-refractivity contribution in [1.29, 1.82) is 0 Å². The van der Waals surface area contributed by atoms with Crippen molar-refractivity contribution in [3.63, 3.8) is 0 Å². The van der Waals surface area contributed by atoms with E-state index >= 15 is 0 Å². The van der Waals surface area contributed by atoms with Crippen LogP contribution in [0.25, 0.3) is 0 Å². The van der Waals surface area contributed by atoms with Crippen LogP contribution in [-0.4, -0.2) is 38.6 Å². The molecule has 1 atom stereocenters. The summed E-state index contributed by atoms with van der Waals surface area (Å²) in [7, 11) is 0. The van der Waals surface area contributed by atoms with Gasteiger partial charge in [-0.3, -0.25) is 9.69 Å². The Morgan fingerprint density at radius 2 is 1.93 bits per heavy atom. The van der Waals surface area contributed by atoms with Crippen LogP contribution in [0.3, 0.4) is 0 Å². The summed E-state index contributed by atoms with van der Waals surface area (Å²) < 4.78 is 1.43. The number of likely N-dealkylation sites (tertiary alicyclic amines) is 1. The van der Waals surface area contributed by atoms with Crippen LogP contribution in [0.4, 0.5) is 11.5 Å². The molecule has 1 fully saturated rings. The van der Waals surface area contributed by atoms with E-state index in [9.17, 15) is 14.9 Å². The van der Waals surface area contributed by atoms with Gasteiger partial charge < -0.3 is 15.4 Å². The average Bonchev–Trinajstić information content (AvgIpc) is 3.07. The highest BCUT2D eigenvalue weighted by Crippen LogP contribution is 2.21. The second-order valence-corrected chi connectivity index (χ2v) is 7.29. The number of hydrogen-bond donors (Lipinski definition) is 1. The third kappa shape index (κ3) is 4.75. The lowest BCUT2D eigenvalue weighted by Gasteiger charge is -2.26. The lowest BCUT2D eigenvalue weighted by molar-refractivity contribution is -0.389. The van der Waals surface area contributed by atoms with Crippen molar-refractivity contribution in [2.75, 3.05) is 18.4 Å². The van der Waals surface area contributed by atoms with Gasteiger partial charge in [-0.25, -0.2) is 0 Å². The number of amides is 1. The largest absolute Gasteiger partial charge is 0.390 e. The summed E-state index contributed by atoms with van der Waals surface area (Å²) in [6, 6.07) is 8.67. The Balaban J connectivity index is 1.64. The van der Waals surface area contributed by atoms with Gasteiger partial charge in [0.05, 0.1) is 16.9 Å². The van der Waals surface area contributed by atoms with Gasteiger partial charge in [0, 0.05) is 12.2 Å². The number of anilines is 1. The zero-order chi connectivity index (χ0) is 20.1. The van der Waals surface area contributed by atoms with Crippen LogP contribution in [0.2, 0.25) is 0 Å². The molecule has 3 rings (SSSR count). The SMILES string of the molecule is CCC(C(=O)Nc1ccc(CN2CCCCC2)cc1)n1nc([N+](=O)[O-])cc1C. The number of piperidine rings is 1. The fraction of sp³-hybridized carbons (Fsp3) is 0.500. The van der Waals surface area contributed by atoms with Crippen LogP contribution in [0, 0.1) is 17.0 Å². The molecule has 1 aromatic heterocycles. The summed E-state index contributed by atoms with van der Waals surface area (Å²) in [5, 5.41) is 17.8. The molecule has 1 amide bonds. The molecule has 1 unspecified atom stereocenters. The summed E-state index contributed by atoms with van der Waals surface area (Å²) in [5.74, 6) is -0.474.